The van der Waals surface area contributed by atoms with E-state index < -0.39 is 57.5 Å². The lowest BCUT2D eigenvalue weighted by molar-refractivity contribution is -0.0437. The van der Waals surface area contributed by atoms with Gasteiger partial charge in [0.15, 0.2) is 17.2 Å². The average Bonchev–Trinajstić information content (AvgIpc) is 3.30. The molecule has 1 aliphatic carbocycles. The molecular formula is C38H45ClF2N2O7. The summed E-state index contributed by atoms with van der Waals surface area (Å²) in [5, 5.41) is 20.0. The largest absolute Gasteiger partial charge is 0.488 e. The fourth-order valence-corrected chi connectivity index (χ4v) is 7.22. The van der Waals surface area contributed by atoms with Crippen molar-refractivity contribution in [3.63, 3.8) is 0 Å². The molecule has 50 heavy (non-hydrogen) atoms. The van der Waals surface area contributed by atoms with Crippen molar-refractivity contribution >= 4 is 23.6 Å². The summed E-state index contributed by atoms with van der Waals surface area (Å²) in [5.74, 6) is -3.93. The molecule has 5 rings (SSSR count). The standard InChI is InChI=1S/C38H45ClF2N2O7/c1-21(44)19-48-27-13-12-25(34(42)45)30(33(27)41)31-29-22(2)38(23-10-8-7-9-11-23,49-28(29)18-26(40)32(31)39)20-43(35(46)50-36(3,4)5)24-14-16-37(6,47)17-15-24/h7-13,18,21-22,24,44,47H,14-17,19-20H2,1-6H3,(H2,42,45)/t21-,22-,24-,37-,38-/m0/s1. The molecule has 0 radical (unpaired) electrons. The molecule has 0 aromatic heterocycles. The quantitative estimate of drug-likeness (QED) is 0.210. The highest BCUT2D eigenvalue weighted by Gasteiger charge is 2.53. The SMILES string of the molecule is C[C@H](O)COc1ccc(C(N)=O)c(-c2c(Cl)c(F)cc3c2[C@H](C)[C@@](CN(C(=O)OC(C)(C)C)[C@H]2CC[C@](C)(O)CC2)(c2ccccc2)O3)c1F. The van der Waals surface area contributed by atoms with E-state index in [2.05, 4.69) is 0 Å². The molecular weight excluding hydrogens is 670 g/mol. The Hall–Kier alpha value is -3.93. The van der Waals surface area contributed by atoms with E-state index in [1.165, 1.54) is 19.1 Å². The molecule has 2 amide bonds. The number of halogens is 3. The number of hydrogen-bond donors (Lipinski definition) is 3. The van der Waals surface area contributed by atoms with E-state index in [1.54, 1.807) is 32.6 Å². The topological polar surface area (TPSA) is 132 Å². The summed E-state index contributed by atoms with van der Waals surface area (Å²) in [7, 11) is 0. The van der Waals surface area contributed by atoms with E-state index in [0.717, 1.165) is 6.07 Å². The molecule has 1 fully saturated rings. The Balaban J connectivity index is 1.72. The number of nitrogens with zero attached hydrogens (tertiary/aromatic N) is 1. The van der Waals surface area contributed by atoms with Gasteiger partial charge in [-0.1, -0.05) is 48.9 Å². The van der Waals surface area contributed by atoms with Crippen LogP contribution in [0, 0.1) is 11.6 Å². The van der Waals surface area contributed by atoms with E-state index >= 15 is 8.78 Å². The lowest BCUT2D eigenvalue weighted by atomic mass is 9.76. The maximum atomic E-state index is 16.5. The van der Waals surface area contributed by atoms with Gasteiger partial charge in [0.05, 0.1) is 28.8 Å². The molecule has 0 saturated heterocycles. The van der Waals surface area contributed by atoms with Crippen LogP contribution in [0.4, 0.5) is 13.6 Å². The minimum atomic E-state index is -1.38. The molecule has 3 aromatic carbocycles. The Bertz CT molecular complexity index is 1750. The number of primary amides is 1. The summed E-state index contributed by atoms with van der Waals surface area (Å²) in [6, 6.07) is 12.4. The second-order valence-corrected chi connectivity index (χ2v) is 15.1. The summed E-state index contributed by atoms with van der Waals surface area (Å²) in [4.78, 5) is 28.4. The highest BCUT2D eigenvalue weighted by molar-refractivity contribution is 6.34. The smallest absolute Gasteiger partial charge is 0.410 e. The minimum absolute atomic E-state index is 0.0408. The van der Waals surface area contributed by atoms with Crippen LogP contribution in [0.1, 0.15) is 94.6 Å². The number of aliphatic hydroxyl groups is 2. The summed E-state index contributed by atoms with van der Waals surface area (Å²) in [5.41, 5.74) is 2.80. The zero-order valence-electron chi connectivity index (χ0n) is 29.2. The number of rotatable bonds is 9. The maximum Gasteiger partial charge on any atom is 0.410 e. The molecule has 0 spiro atoms. The van der Waals surface area contributed by atoms with Crippen LogP contribution in [0.25, 0.3) is 11.1 Å². The van der Waals surface area contributed by atoms with Crippen molar-refractivity contribution in [2.75, 3.05) is 13.2 Å². The number of carbonyl (C=O) groups excluding carboxylic acids is 2. The number of carbonyl (C=O) groups is 2. The van der Waals surface area contributed by atoms with Gasteiger partial charge in [-0.25, -0.2) is 13.6 Å². The van der Waals surface area contributed by atoms with Crippen molar-refractivity contribution in [2.24, 2.45) is 5.73 Å². The van der Waals surface area contributed by atoms with Crippen molar-refractivity contribution in [3.05, 3.63) is 81.9 Å². The first kappa shape index (κ1) is 37.3. The van der Waals surface area contributed by atoms with Crippen LogP contribution in [0.3, 0.4) is 0 Å². The van der Waals surface area contributed by atoms with E-state index in [1.807, 2.05) is 37.3 Å². The zero-order chi connectivity index (χ0) is 36.8. The number of aliphatic hydroxyl groups excluding tert-OH is 1. The lowest BCUT2D eigenvalue weighted by Gasteiger charge is -2.44. The third kappa shape index (κ3) is 7.41. The second kappa shape index (κ2) is 14.0. The van der Waals surface area contributed by atoms with Gasteiger partial charge in [-0.15, -0.1) is 0 Å². The third-order valence-corrected chi connectivity index (χ3v) is 9.89. The predicted octanol–water partition coefficient (Wildman–Crippen LogP) is 7.47. The maximum absolute atomic E-state index is 16.5. The van der Waals surface area contributed by atoms with Gasteiger partial charge < -0.3 is 35.1 Å². The van der Waals surface area contributed by atoms with Crippen molar-refractivity contribution in [2.45, 2.75) is 102 Å². The van der Waals surface area contributed by atoms with Gasteiger partial charge in [-0.3, -0.25) is 4.79 Å². The van der Waals surface area contributed by atoms with E-state index in [4.69, 9.17) is 31.5 Å². The van der Waals surface area contributed by atoms with Gasteiger partial charge in [0, 0.05) is 34.7 Å². The molecule has 1 heterocycles. The van der Waals surface area contributed by atoms with Crippen molar-refractivity contribution in [1.29, 1.82) is 0 Å². The van der Waals surface area contributed by atoms with Crippen LogP contribution in [0.5, 0.6) is 11.5 Å². The first-order valence-electron chi connectivity index (χ1n) is 16.8. The van der Waals surface area contributed by atoms with Crippen molar-refractivity contribution < 1.29 is 42.8 Å². The van der Waals surface area contributed by atoms with Gasteiger partial charge in [-0.05, 0) is 78.0 Å². The fourth-order valence-electron chi connectivity index (χ4n) is 6.96. The van der Waals surface area contributed by atoms with Crippen LogP contribution in [0.2, 0.25) is 5.02 Å². The van der Waals surface area contributed by atoms with Gasteiger partial charge in [0.25, 0.3) is 0 Å². The van der Waals surface area contributed by atoms with Gasteiger partial charge in [-0.2, -0.15) is 0 Å². The molecule has 9 nitrogen and oxygen atoms in total. The molecule has 2 aliphatic rings. The number of benzene rings is 3. The molecule has 3 aromatic rings. The first-order valence-corrected chi connectivity index (χ1v) is 17.1. The third-order valence-electron chi connectivity index (χ3n) is 9.52. The molecule has 0 bridgehead atoms. The summed E-state index contributed by atoms with van der Waals surface area (Å²) < 4.78 is 50.5. The molecule has 4 N–H and O–H groups in total. The second-order valence-electron chi connectivity index (χ2n) is 14.7. The summed E-state index contributed by atoms with van der Waals surface area (Å²) in [6.45, 7) is 10.0. The van der Waals surface area contributed by atoms with Gasteiger partial charge >= 0.3 is 6.09 Å². The molecule has 270 valence electrons. The van der Waals surface area contributed by atoms with Crippen LogP contribution < -0.4 is 15.2 Å². The normalized spacial score (nSPS) is 23.8. The van der Waals surface area contributed by atoms with Crippen LogP contribution >= 0.6 is 11.6 Å². The van der Waals surface area contributed by atoms with E-state index in [-0.39, 0.29) is 47.4 Å². The van der Waals surface area contributed by atoms with Crippen LogP contribution in [0.15, 0.2) is 48.5 Å². The van der Waals surface area contributed by atoms with E-state index in [0.29, 0.717) is 36.8 Å². The number of amides is 2. The molecule has 0 unspecified atom stereocenters. The molecule has 12 heteroatoms. The Kier molecular flexibility index (Phi) is 10.5. The molecule has 1 saturated carbocycles. The summed E-state index contributed by atoms with van der Waals surface area (Å²) >= 11 is 6.68. The fraction of sp³-hybridized carbons (Fsp3) is 0.474. The Morgan fingerprint density at radius 2 is 1.76 bits per heavy atom. The minimum Gasteiger partial charge on any atom is -0.488 e. The Morgan fingerprint density at radius 3 is 2.34 bits per heavy atom. The zero-order valence-corrected chi connectivity index (χ0v) is 29.9. The van der Waals surface area contributed by atoms with Gasteiger partial charge in [0.2, 0.25) is 5.91 Å². The number of hydrogen-bond acceptors (Lipinski definition) is 7. The Morgan fingerprint density at radius 1 is 1.12 bits per heavy atom. The molecule has 3 atom stereocenters. The number of fused-ring (bicyclic) bond motifs is 1. The molecule has 1 aliphatic heterocycles. The average molecular weight is 715 g/mol. The monoisotopic (exact) mass is 714 g/mol. The van der Waals surface area contributed by atoms with Crippen molar-refractivity contribution in [1.82, 2.24) is 4.90 Å². The van der Waals surface area contributed by atoms with Gasteiger partial charge in [0.1, 0.15) is 23.8 Å². The van der Waals surface area contributed by atoms with E-state index in [9.17, 15) is 19.8 Å². The van der Waals surface area contributed by atoms with Crippen LogP contribution in [-0.2, 0) is 10.3 Å². The Labute approximate surface area is 296 Å². The lowest BCUT2D eigenvalue weighted by Crippen LogP contribution is -2.54. The predicted molar refractivity (Wildman–Crippen MR) is 185 cm³/mol. The number of nitrogens with two attached hydrogens (primary N) is 1. The van der Waals surface area contributed by atoms with Crippen molar-refractivity contribution in [3.8, 4) is 22.6 Å². The van der Waals surface area contributed by atoms with Crippen LogP contribution in [-0.4, -0.2) is 63.6 Å². The summed E-state index contributed by atoms with van der Waals surface area (Å²) in [6.07, 6.45) is 0.394. The number of ether oxygens (including phenoxy) is 3. The highest BCUT2D eigenvalue weighted by Crippen LogP contribution is 2.57. The highest BCUT2D eigenvalue weighted by atomic mass is 35.5. The first-order chi connectivity index (χ1) is 23.3.